The van der Waals surface area contributed by atoms with E-state index in [0.717, 1.165) is 12.8 Å². The molecule has 1 amide bonds. The first-order valence-electron chi connectivity index (χ1n) is 7.90. The van der Waals surface area contributed by atoms with Crippen LogP contribution >= 0.6 is 0 Å². The first-order valence-corrected chi connectivity index (χ1v) is 7.90. The van der Waals surface area contributed by atoms with Crippen LogP contribution in [0.4, 0.5) is 0 Å². The fraction of sp³-hybridized carbons (Fsp3) is 0.588. The standard InChI is InChI=1S/C17H23NO4/c1-21-14-6-3-2-5-13(14)16(20)18-10-8-17(9-11-18)15(19)7-4-12-22-17/h2-3,5-6,15,19H,4,7-12H2,1H3/t15-/m1/s1. The average Bonchev–Trinajstić information content (AvgIpc) is 2.58. The van der Waals surface area contributed by atoms with Crippen LogP contribution in [-0.4, -0.2) is 54.4 Å². The van der Waals surface area contributed by atoms with Crippen LogP contribution in [0.3, 0.4) is 0 Å². The molecule has 5 heteroatoms. The Hall–Kier alpha value is -1.59. The number of piperidine rings is 1. The van der Waals surface area contributed by atoms with Gasteiger partial charge >= 0.3 is 0 Å². The van der Waals surface area contributed by atoms with Crippen molar-refractivity contribution in [2.24, 2.45) is 0 Å². The summed E-state index contributed by atoms with van der Waals surface area (Å²) in [5.74, 6) is 0.583. The normalized spacial score (nSPS) is 24.3. The summed E-state index contributed by atoms with van der Waals surface area (Å²) in [4.78, 5) is 14.5. The van der Waals surface area contributed by atoms with Crippen LogP contribution in [0.5, 0.6) is 5.75 Å². The molecule has 1 spiro atoms. The first-order chi connectivity index (χ1) is 10.7. The van der Waals surface area contributed by atoms with Gasteiger partial charge in [0.15, 0.2) is 0 Å². The number of carbonyl (C=O) groups is 1. The highest BCUT2D eigenvalue weighted by Gasteiger charge is 2.44. The van der Waals surface area contributed by atoms with Crippen LogP contribution < -0.4 is 4.74 Å². The van der Waals surface area contributed by atoms with Gasteiger partial charge in [0.25, 0.3) is 5.91 Å². The maximum atomic E-state index is 12.7. The quantitative estimate of drug-likeness (QED) is 0.906. The molecule has 1 aromatic carbocycles. The molecule has 2 aliphatic rings. The summed E-state index contributed by atoms with van der Waals surface area (Å²) in [6.07, 6.45) is 2.67. The molecular weight excluding hydrogens is 282 g/mol. The van der Waals surface area contributed by atoms with Crippen molar-refractivity contribution in [2.45, 2.75) is 37.4 Å². The van der Waals surface area contributed by atoms with Gasteiger partial charge in [-0.3, -0.25) is 4.79 Å². The number of aliphatic hydroxyl groups is 1. The molecule has 0 aromatic heterocycles. The van der Waals surface area contributed by atoms with Gasteiger partial charge < -0.3 is 19.5 Å². The Kier molecular flexibility index (Phi) is 4.36. The lowest BCUT2D eigenvalue weighted by Gasteiger charge is -2.46. The number of carbonyl (C=O) groups excluding carboxylic acids is 1. The van der Waals surface area contributed by atoms with E-state index < -0.39 is 11.7 Å². The number of ether oxygens (including phenoxy) is 2. The third kappa shape index (κ3) is 2.71. The SMILES string of the molecule is COc1ccccc1C(=O)N1CCC2(CC1)OCCC[C@H]2O. The van der Waals surface area contributed by atoms with E-state index in [4.69, 9.17) is 9.47 Å². The van der Waals surface area contributed by atoms with Gasteiger partial charge in [-0.05, 0) is 37.8 Å². The van der Waals surface area contributed by atoms with Crippen molar-refractivity contribution in [3.8, 4) is 5.75 Å². The zero-order valence-electron chi connectivity index (χ0n) is 13.0. The van der Waals surface area contributed by atoms with E-state index >= 15 is 0 Å². The summed E-state index contributed by atoms with van der Waals surface area (Å²) in [5.41, 5.74) is 0.140. The van der Waals surface area contributed by atoms with Gasteiger partial charge in [-0.2, -0.15) is 0 Å². The van der Waals surface area contributed by atoms with Gasteiger partial charge in [-0.25, -0.2) is 0 Å². The maximum absolute atomic E-state index is 12.7. The number of methoxy groups -OCH3 is 1. The summed E-state index contributed by atoms with van der Waals surface area (Å²) >= 11 is 0. The maximum Gasteiger partial charge on any atom is 0.257 e. The fourth-order valence-electron chi connectivity index (χ4n) is 3.47. The van der Waals surface area contributed by atoms with E-state index in [1.165, 1.54) is 0 Å². The summed E-state index contributed by atoms with van der Waals surface area (Å²) in [6.45, 7) is 1.92. The van der Waals surface area contributed by atoms with Crippen LogP contribution in [0.15, 0.2) is 24.3 Å². The van der Waals surface area contributed by atoms with Crippen LogP contribution in [0.1, 0.15) is 36.0 Å². The Labute approximate surface area is 130 Å². The Morgan fingerprint density at radius 2 is 2.09 bits per heavy atom. The molecule has 1 aromatic rings. The molecule has 2 fully saturated rings. The molecular formula is C17H23NO4. The number of para-hydroxylation sites is 1. The van der Waals surface area contributed by atoms with Crippen molar-refractivity contribution >= 4 is 5.91 Å². The lowest BCUT2D eigenvalue weighted by Crippen LogP contribution is -2.56. The van der Waals surface area contributed by atoms with Crippen molar-refractivity contribution < 1.29 is 19.4 Å². The van der Waals surface area contributed by atoms with Gasteiger partial charge in [0, 0.05) is 19.7 Å². The highest BCUT2D eigenvalue weighted by molar-refractivity contribution is 5.97. The molecule has 0 saturated carbocycles. The highest BCUT2D eigenvalue weighted by Crippen LogP contribution is 2.35. The van der Waals surface area contributed by atoms with Gasteiger partial charge in [-0.1, -0.05) is 12.1 Å². The summed E-state index contributed by atoms with van der Waals surface area (Å²) < 4.78 is 11.2. The summed E-state index contributed by atoms with van der Waals surface area (Å²) in [7, 11) is 1.57. The molecule has 0 bridgehead atoms. The molecule has 2 saturated heterocycles. The van der Waals surface area contributed by atoms with Gasteiger partial charge in [0.1, 0.15) is 5.75 Å². The molecule has 0 unspecified atom stereocenters. The smallest absolute Gasteiger partial charge is 0.257 e. The minimum atomic E-state index is -0.449. The van der Waals surface area contributed by atoms with Gasteiger partial charge in [0.2, 0.25) is 0 Å². The van der Waals surface area contributed by atoms with E-state index in [1.54, 1.807) is 19.2 Å². The second kappa shape index (κ2) is 6.26. The van der Waals surface area contributed by atoms with Gasteiger partial charge in [0.05, 0.1) is 24.4 Å². The Balaban J connectivity index is 1.69. The molecule has 2 heterocycles. The summed E-state index contributed by atoms with van der Waals surface area (Å²) in [6, 6.07) is 7.28. The van der Waals surface area contributed by atoms with Crippen LogP contribution in [-0.2, 0) is 4.74 Å². The molecule has 3 rings (SSSR count). The molecule has 0 aliphatic carbocycles. The number of benzene rings is 1. The van der Waals surface area contributed by atoms with E-state index in [-0.39, 0.29) is 5.91 Å². The number of amides is 1. The Morgan fingerprint density at radius 3 is 2.77 bits per heavy atom. The lowest BCUT2D eigenvalue weighted by atomic mass is 9.82. The zero-order valence-corrected chi connectivity index (χ0v) is 13.0. The molecule has 1 N–H and O–H groups in total. The molecule has 22 heavy (non-hydrogen) atoms. The number of rotatable bonds is 2. The average molecular weight is 305 g/mol. The van der Waals surface area contributed by atoms with Gasteiger partial charge in [-0.15, -0.1) is 0 Å². The van der Waals surface area contributed by atoms with E-state index in [9.17, 15) is 9.90 Å². The third-order valence-electron chi connectivity index (χ3n) is 4.85. The van der Waals surface area contributed by atoms with Crippen molar-refractivity contribution in [3.63, 3.8) is 0 Å². The zero-order chi connectivity index (χ0) is 15.6. The second-order valence-electron chi connectivity index (χ2n) is 6.06. The van der Waals surface area contributed by atoms with E-state index in [2.05, 4.69) is 0 Å². The van der Waals surface area contributed by atoms with Crippen LogP contribution in [0, 0.1) is 0 Å². The monoisotopic (exact) mass is 305 g/mol. The number of hydrogen-bond acceptors (Lipinski definition) is 4. The van der Waals surface area contributed by atoms with E-state index in [1.807, 2.05) is 17.0 Å². The number of aliphatic hydroxyl groups excluding tert-OH is 1. The van der Waals surface area contributed by atoms with Crippen molar-refractivity contribution in [1.29, 1.82) is 0 Å². The van der Waals surface area contributed by atoms with Crippen molar-refractivity contribution in [1.82, 2.24) is 4.90 Å². The largest absolute Gasteiger partial charge is 0.496 e. The van der Waals surface area contributed by atoms with E-state index in [0.29, 0.717) is 43.9 Å². The minimum absolute atomic E-state index is 0.0161. The number of hydrogen-bond donors (Lipinski definition) is 1. The molecule has 0 radical (unpaired) electrons. The number of nitrogens with zero attached hydrogens (tertiary/aromatic N) is 1. The molecule has 2 aliphatic heterocycles. The van der Waals surface area contributed by atoms with Crippen molar-refractivity contribution in [2.75, 3.05) is 26.8 Å². The third-order valence-corrected chi connectivity index (χ3v) is 4.85. The van der Waals surface area contributed by atoms with Crippen LogP contribution in [0.25, 0.3) is 0 Å². The molecule has 120 valence electrons. The lowest BCUT2D eigenvalue weighted by molar-refractivity contribution is -0.174. The summed E-state index contributed by atoms with van der Waals surface area (Å²) in [5, 5.41) is 10.3. The minimum Gasteiger partial charge on any atom is -0.496 e. The second-order valence-corrected chi connectivity index (χ2v) is 6.06. The predicted molar refractivity (Wildman–Crippen MR) is 82.1 cm³/mol. The fourth-order valence-corrected chi connectivity index (χ4v) is 3.47. The molecule has 5 nitrogen and oxygen atoms in total. The highest BCUT2D eigenvalue weighted by atomic mass is 16.5. The number of likely N-dealkylation sites (tertiary alicyclic amines) is 1. The first kappa shape index (κ1) is 15.3. The molecule has 1 atom stereocenters. The predicted octanol–water partition coefficient (Wildman–Crippen LogP) is 1.84. The Morgan fingerprint density at radius 1 is 1.36 bits per heavy atom. The Bertz CT molecular complexity index is 537. The topological polar surface area (TPSA) is 59.0 Å². The van der Waals surface area contributed by atoms with Crippen LogP contribution in [0.2, 0.25) is 0 Å². The van der Waals surface area contributed by atoms with Crippen molar-refractivity contribution in [3.05, 3.63) is 29.8 Å².